The Kier molecular flexibility index (Phi) is 4.31. The van der Waals surface area contributed by atoms with Crippen molar-refractivity contribution >= 4 is 28.1 Å². The van der Waals surface area contributed by atoms with Gasteiger partial charge in [0.15, 0.2) is 5.13 Å². The second-order valence-corrected chi connectivity index (χ2v) is 5.02. The van der Waals surface area contributed by atoms with Crippen LogP contribution in [0.2, 0.25) is 0 Å². The number of aromatic nitrogens is 1. The van der Waals surface area contributed by atoms with Crippen LogP contribution >= 0.6 is 11.3 Å². The number of nitrogens with zero attached hydrogens (tertiary/aromatic N) is 2. The van der Waals surface area contributed by atoms with Gasteiger partial charge in [0, 0.05) is 19.8 Å². The maximum atomic E-state index is 12.9. The molecule has 0 fully saturated rings. The Morgan fingerprint density at radius 3 is 2.65 bits per heavy atom. The molecule has 0 aliphatic rings. The second kappa shape index (κ2) is 5.98. The number of carbonyl (C=O) groups is 1. The first-order valence-electron chi connectivity index (χ1n) is 5.74. The molecule has 0 unspecified atom stereocenters. The number of benzene rings is 1. The van der Waals surface area contributed by atoms with Crippen molar-refractivity contribution in [3.8, 4) is 0 Å². The van der Waals surface area contributed by atoms with Gasteiger partial charge in [0.1, 0.15) is 10.7 Å². The Morgan fingerprint density at radius 1 is 1.45 bits per heavy atom. The molecule has 1 aromatic heterocycles. The first kappa shape index (κ1) is 14.4. The Labute approximate surface area is 119 Å². The van der Waals surface area contributed by atoms with Gasteiger partial charge in [0.2, 0.25) is 0 Å². The molecule has 0 amide bonds. The molecule has 0 atom stereocenters. The van der Waals surface area contributed by atoms with E-state index in [1.807, 2.05) is 0 Å². The summed E-state index contributed by atoms with van der Waals surface area (Å²) in [5.41, 5.74) is 1.11. The van der Waals surface area contributed by atoms with Gasteiger partial charge >= 0.3 is 5.97 Å². The van der Waals surface area contributed by atoms with E-state index in [9.17, 15) is 9.18 Å². The number of carboxylic acids is 1. The van der Waals surface area contributed by atoms with E-state index in [1.54, 1.807) is 24.1 Å². The Morgan fingerprint density at radius 2 is 2.10 bits per heavy atom. The first-order valence-corrected chi connectivity index (χ1v) is 6.55. The van der Waals surface area contributed by atoms with Crippen LogP contribution in [0.4, 0.5) is 15.2 Å². The van der Waals surface area contributed by atoms with E-state index in [1.165, 1.54) is 19.2 Å². The summed E-state index contributed by atoms with van der Waals surface area (Å²) >= 11 is 1.06. The van der Waals surface area contributed by atoms with Gasteiger partial charge in [-0.1, -0.05) is 11.3 Å². The predicted octanol–water partition coefficient (Wildman–Crippen LogP) is 2.89. The molecule has 0 bridgehead atoms. The smallest absolute Gasteiger partial charge is 0.347 e. The summed E-state index contributed by atoms with van der Waals surface area (Å²) in [6.45, 7) is 0.134. The first-order chi connectivity index (χ1) is 9.52. The minimum atomic E-state index is -1.03. The third kappa shape index (κ3) is 2.94. The van der Waals surface area contributed by atoms with Crippen molar-refractivity contribution < 1.29 is 19.0 Å². The third-order valence-corrected chi connectivity index (χ3v) is 3.82. The van der Waals surface area contributed by atoms with Crippen molar-refractivity contribution in [1.29, 1.82) is 0 Å². The van der Waals surface area contributed by atoms with Crippen LogP contribution < -0.4 is 4.90 Å². The molecule has 0 spiro atoms. The molecule has 20 heavy (non-hydrogen) atoms. The van der Waals surface area contributed by atoms with Crippen molar-refractivity contribution in [3.05, 3.63) is 40.7 Å². The van der Waals surface area contributed by atoms with Gasteiger partial charge in [-0.15, -0.1) is 0 Å². The highest BCUT2D eigenvalue weighted by Gasteiger charge is 2.19. The van der Waals surface area contributed by atoms with Gasteiger partial charge in [0.05, 0.1) is 12.3 Å². The normalized spacial score (nSPS) is 10.6. The number of hydrogen-bond donors (Lipinski definition) is 1. The summed E-state index contributed by atoms with van der Waals surface area (Å²) in [5.74, 6) is -1.36. The van der Waals surface area contributed by atoms with E-state index in [4.69, 9.17) is 9.84 Å². The topological polar surface area (TPSA) is 62.7 Å². The Hall–Kier alpha value is -1.99. The van der Waals surface area contributed by atoms with Gasteiger partial charge in [-0.25, -0.2) is 14.2 Å². The molecular weight excluding hydrogens is 283 g/mol. The van der Waals surface area contributed by atoms with Gasteiger partial charge in [-0.2, -0.15) is 0 Å². The highest BCUT2D eigenvalue weighted by atomic mass is 32.1. The number of hydrogen-bond acceptors (Lipinski definition) is 5. The van der Waals surface area contributed by atoms with Crippen LogP contribution in [0, 0.1) is 5.82 Å². The Balaban J connectivity index is 2.34. The number of rotatable bonds is 5. The van der Waals surface area contributed by atoms with Crippen LogP contribution in [-0.2, 0) is 11.3 Å². The van der Waals surface area contributed by atoms with E-state index in [0.29, 0.717) is 10.8 Å². The summed E-state index contributed by atoms with van der Waals surface area (Å²) in [6, 6.07) is 5.89. The molecule has 1 heterocycles. The third-order valence-electron chi connectivity index (χ3n) is 2.66. The maximum Gasteiger partial charge on any atom is 0.347 e. The number of carboxylic acid groups (broad SMARTS) is 1. The molecular formula is C13H13FN2O3S. The van der Waals surface area contributed by atoms with Crippen LogP contribution in [0.1, 0.15) is 15.4 Å². The van der Waals surface area contributed by atoms with Gasteiger partial charge in [-0.3, -0.25) is 0 Å². The molecule has 0 saturated carbocycles. The summed E-state index contributed by atoms with van der Waals surface area (Å²) in [4.78, 5) is 17.3. The van der Waals surface area contributed by atoms with Gasteiger partial charge in [-0.05, 0) is 24.3 Å². The summed E-state index contributed by atoms with van der Waals surface area (Å²) in [7, 11) is 3.22. The number of halogens is 1. The lowest BCUT2D eigenvalue weighted by Crippen LogP contribution is -2.09. The minimum Gasteiger partial charge on any atom is -0.477 e. The summed E-state index contributed by atoms with van der Waals surface area (Å²) < 4.78 is 17.8. The van der Waals surface area contributed by atoms with Gasteiger partial charge in [0.25, 0.3) is 0 Å². The van der Waals surface area contributed by atoms with Gasteiger partial charge < -0.3 is 14.7 Å². The lowest BCUT2D eigenvalue weighted by molar-refractivity contribution is 0.0697. The molecule has 2 rings (SSSR count). The number of ether oxygens (including phenoxy) is 1. The lowest BCUT2D eigenvalue weighted by atomic mass is 10.3. The zero-order valence-electron chi connectivity index (χ0n) is 11.0. The molecule has 106 valence electrons. The average molecular weight is 296 g/mol. The molecule has 1 aromatic carbocycles. The maximum absolute atomic E-state index is 12.9. The van der Waals surface area contributed by atoms with Crippen molar-refractivity contribution in [2.75, 3.05) is 19.1 Å². The van der Waals surface area contributed by atoms with Crippen LogP contribution in [0.15, 0.2) is 24.3 Å². The monoisotopic (exact) mass is 296 g/mol. The van der Waals surface area contributed by atoms with E-state index >= 15 is 0 Å². The lowest BCUT2D eigenvalue weighted by Gasteiger charge is -2.15. The SMILES string of the molecule is COCc1nc(N(C)c2ccc(F)cc2)sc1C(=O)O. The van der Waals surface area contributed by atoms with Crippen molar-refractivity contribution in [2.24, 2.45) is 0 Å². The molecule has 7 heteroatoms. The second-order valence-electron chi connectivity index (χ2n) is 4.05. The summed E-state index contributed by atoms with van der Waals surface area (Å²) in [6.07, 6.45) is 0. The molecule has 2 aromatic rings. The van der Waals surface area contributed by atoms with Crippen molar-refractivity contribution in [2.45, 2.75) is 6.61 Å². The number of aromatic carboxylic acids is 1. The molecule has 5 nitrogen and oxygen atoms in total. The number of anilines is 2. The van der Waals surface area contributed by atoms with Crippen LogP contribution in [0.25, 0.3) is 0 Å². The average Bonchev–Trinajstić information content (AvgIpc) is 2.83. The molecule has 0 saturated heterocycles. The van der Waals surface area contributed by atoms with Crippen LogP contribution in [0.5, 0.6) is 0 Å². The van der Waals surface area contributed by atoms with E-state index in [2.05, 4.69) is 4.98 Å². The van der Waals surface area contributed by atoms with Crippen molar-refractivity contribution in [3.63, 3.8) is 0 Å². The molecule has 0 radical (unpaired) electrons. The van der Waals surface area contributed by atoms with Crippen molar-refractivity contribution in [1.82, 2.24) is 4.98 Å². The molecule has 0 aliphatic carbocycles. The highest BCUT2D eigenvalue weighted by molar-refractivity contribution is 7.17. The molecule has 1 N–H and O–H groups in total. The highest BCUT2D eigenvalue weighted by Crippen LogP contribution is 2.31. The fourth-order valence-electron chi connectivity index (χ4n) is 1.66. The standard InChI is InChI=1S/C13H13FN2O3S/c1-16(9-5-3-8(14)4-6-9)13-15-10(7-19-2)11(20-13)12(17)18/h3-6H,7H2,1-2H3,(H,17,18). The fraction of sp³-hybridized carbons (Fsp3) is 0.231. The quantitative estimate of drug-likeness (QED) is 0.919. The predicted molar refractivity (Wildman–Crippen MR) is 74.2 cm³/mol. The molecule has 0 aliphatic heterocycles. The summed E-state index contributed by atoms with van der Waals surface area (Å²) in [5, 5.41) is 9.66. The van der Waals surface area contributed by atoms with E-state index < -0.39 is 5.97 Å². The Bertz CT molecular complexity index is 613. The van der Waals surface area contributed by atoms with Crippen LogP contribution in [-0.4, -0.2) is 30.2 Å². The minimum absolute atomic E-state index is 0.134. The zero-order chi connectivity index (χ0) is 14.7. The number of methoxy groups -OCH3 is 1. The zero-order valence-corrected chi connectivity index (χ0v) is 11.8. The van der Waals surface area contributed by atoms with E-state index in [0.717, 1.165) is 17.0 Å². The van der Waals surface area contributed by atoms with Crippen LogP contribution in [0.3, 0.4) is 0 Å². The fourth-order valence-corrected chi connectivity index (χ4v) is 2.55. The largest absolute Gasteiger partial charge is 0.477 e. The number of thiazole rings is 1. The van der Waals surface area contributed by atoms with E-state index in [-0.39, 0.29) is 17.3 Å².